The summed E-state index contributed by atoms with van der Waals surface area (Å²) in [7, 11) is 1.62. The van der Waals surface area contributed by atoms with Crippen LogP contribution in [0.3, 0.4) is 0 Å². The molecule has 0 fully saturated rings. The highest BCUT2D eigenvalue weighted by molar-refractivity contribution is 5.93. The van der Waals surface area contributed by atoms with Gasteiger partial charge in [0.2, 0.25) is 0 Å². The van der Waals surface area contributed by atoms with E-state index >= 15 is 0 Å². The molecule has 130 valence electrons. The molecule has 0 unspecified atom stereocenters. The number of aromatic amines is 1. The molecule has 0 bridgehead atoms. The highest BCUT2D eigenvalue weighted by Gasteiger charge is 2.32. The summed E-state index contributed by atoms with van der Waals surface area (Å²) in [5, 5.41) is 7.03. The van der Waals surface area contributed by atoms with Gasteiger partial charge < -0.3 is 4.90 Å². The van der Waals surface area contributed by atoms with Crippen LogP contribution in [0.25, 0.3) is 0 Å². The van der Waals surface area contributed by atoms with E-state index in [4.69, 9.17) is 0 Å². The highest BCUT2D eigenvalue weighted by Crippen LogP contribution is 2.27. The van der Waals surface area contributed by atoms with Gasteiger partial charge in [0.15, 0.2) is 0 Å². The SMILES string of the molecule is Cc1n[nH]c(C)c1CCCN(C)C(=O)c1ccc(C(F)(F)F)nc1. The van der Waals surface area contributed by atoms with E-state index in [1.807, 2.05) is 13.8 Å². The van der Waals surface area contributed by atoms with E-state index in [2.05, 4.69) is 15.2 Å². The van der Waals surface area contributed by atoms with E-state index < -0.39 is 11.9 Å². The van der Waals surface area contributed by atoms with Crippen molar-refractivity contribution in [3.05, 3.63) is 46.5 Å². The number of hydrogen-bond acceptors (Lipinski definition) is 3. The lowest BCUT2D eigenvalue weighted by Crippen LogP contribution is -2.28. The van der Waals surface area contributed by atoms with E-state index in [1.165, 1.54) is 4.90 Å². The molecule has 0 aromatic carbocycles. The zero-order valence-corrected chi connectivity index (χ0v) is 13.7. The minimum atomic E-state index is -4.51. The number of aromatic nitrogens is 3. The zero-order valence-electron chi connectivity index (χ0n) is 13.7. The lowest BCUT2D eigenvalue weighted by atomic mass is 10.1. The second kappa shape index (κ2) is 7.02. The van der Waals surface area contributed by atoms with Gasteiger partial charge in [0, 0.05) is 25.5 Å². The molecule has 0 spiro atoms. The fourth-order valence-corrected chi connectivity index (χ4v) is 2.45. The van der Waals surface area contributed by atoms with Crippen LogP contribution in [0, 0.1) is 13.8 Å². The lowest BCUT2D eigenvalue weighted by molar-refractivity contribution is -0.141. The van der Waals surface area contributed by atoms with Gasteiger partial charge in [0.25, 0.3) is 5.91 Å². The normalized spacial score (nSPS) is 11.6. The smallest absolute Gasteiger partial charge is 0.342 e. The number of carbonyl (C=O) groups excluding carboxylic acids is 1. The van der Waals surface area contributed by atoms with Crippen molar-refractivity contribution in [2.24, 2.45) is 0 Å². The van der Waals surface area contributed by atoms with Gasteiger partial charge in [-0.25, -0.2) is 0 Å². The predicted octanol–water partition coefficient (Wildman–Crippen LogP) is 3.15. The number of nitrogens with one attached hydrogen (secondary N) is 1. The van der Waals surface area contributed by atoms with Crippen LogP contribution in [0.1, 0.15) is 39.4 Å². The number of aryl methyl sites for hydroxylation is 2. The van der Waals surface area contributed by atoms with E-state index in [-0.39, 0.29) is 11.5 Å². The molecular weight excluding hydrogens is 321 g/mol. The number of carbonyl (C=O) groups is 1. The van der Waals surface area contributed by atoms with Crippen molar-refractivity contribution < 1.29 is 18.0 Å². The van der Waals surface area contributed by atoms with Crippen LogP contribution in [-0.4, -0.2) is 39.6 Å². The Morgan fingerprint density at radius 3 is 2.50 bits per heavy atom. The second-order valence-corrected chi connectivity index (χ2v) is 5.67. The average Bonchev–Trinajstić information content (AvgIpc) is 2.85. The van der Waals surface area contributed by atoms with Gasteiger partial charge in [-0.15, -0.1) is 0 Å². The Morgan fingerprint density at radius 2 is 2.00 bits per heavy atom. The van der Waals surface area contributed by atoms with Gasteiger partial charge >= 0.3 is 6.18 Å². The first-order valence-corrected chi connectivity index (χ1v) is 7.49. The molecular formula is C16H19F3N4O. The van der Waals surface area contributed by atoms with Crippen molar-refractivity contribution in [3.63, 3.8) is 0 Å². The zero-order chi connectivity index (χ0) is 17.9. The second-order valence-electron chi connectivity index (χ2n) is 5.67. The summed E-state index contributed by atoms with van der Waals surface area (Å²) < 4.78 is 37.4. The first-order valence-electron chi connectivity index (χ1n) is 7.49. The van der Waals surface area contributed by atoms with Crippen LogP contribution in [0.15, 0.2) is 18.3 Å². The summed E-state index contributed by atoms with van der Waals surface area (Å²) in [4.78, 5) is 17.0. The van der Waals surface area contributed by atoms with Crippen molar-refractivity contribution in [1.29, 1.82) is 0 Å². The number of alkyl halides is 3. The monoisotopic (exact) mass is 340 g/mol. The molecule has 0 atom stereocenters. The summed E-state index contributed by atoms with van der Waals surface area (Å²) >= 11 is 0. The molecule has 2 rings (SSSR count). The minimum absolute atomic E-state index is 0.140. The maximum atomic E-state index is 12.5. The number of pyridine rings is 1. The molecule has 0 radical (unpaired) electrons. The van der Waals surface area contributed by atoms with Crippen LogP contribution in [0.2, 0.25) is 0 Å². The Labute approximate surface area is 137 Å². The van der Waals surface area contributed by atoms with E-state index in [0.717, 1.165) is 48.1 Å². The van der Waals surface area contributed by atoms with Crippen LogP contribution in [0.5, 0.6) is 0 Å². The van der Waals surface area contributed by atoms with Crippen molar-refractivity contribution >= 4 is 5.91 Å². The Hall–Kier alpha value is -2.38. The quantitative estimate of drug-likeness (QED) is 0.909. The fraction of sp³-hybridized carbons (Fsp3) is 0.438. The van der Waals surface area contributed by atoms with Gasteiger partial charge in [0.05, 0.1) is 11.3 Å². The van der Waals surface area contributed by atoms with Gasteiger partial charge in [-0.2, -0.15) is 18.3 Å². The molecule has 2 aromatic rings. The maximum absolute atomic E-state index is 12.5. The van der Waals surface area contributed by atoms with Gasteiger partial charge in [0.1, 0.15) is 5.69 Å². The van der Waals surface area contributed by atoms with Crippen LogP contribution >= 0.6 is 0 Å². The molecule has 5 nitrogen and oxygen atoms in total. The molecule has 8 heteroatoms. The molecule has 0 aliphatic heterocycles. The molecule has 1 amide bonds. The molecule has 0 aliphatic carbocycles. The van der Waals surface area contributed by atoms with Gasteiger partial charge in [-0.1, -0.05) is 0 Å². The predicted molar refractivity (Wildman–Crippen MR) is 82.6 cm³/mol. The topological polar surface area (TPSA) is 61.9 Å². The first kappa shape index (κ1) is 18.0. The molecule has 1 N–H and O–H groups in total. The molecule has 0 saturated heterocycles. The van der Waals surface area contributed by atoms with Crippen LogP contribution in [0.4, 0.5) is 13.2 Å². The van der Waals surface area contributed by atoms with Crippen molar-refractivity contribution in [1.82, 2.24) is 20.1 Å². The summed E-state index contributed by atoms with van der Waals surface area (Å²) in [6.07, 6.45) is -2.03. The standard InChI is InChI=1S/C16H19F3N4O/c1-10-13(11(2)22-21-10)5-4-8-23(3)15(24)12-6-7-14(20-9-12)16(17,18)19/h6-7,9H,4-5,8H2,1-3H3,(H,21,22). The van der Waals surface area contributed by atoms with E-state index in [0.29, 0.717) is 6.54 Å². The molecule has 0 aliphatic rings. The minimum Gasteiger partial charge on any atom is -0.342 e. The van der Waals surface area contributed by atoms with Crippen molar-refractivity contribution in [2.75, 3.05) is 13.6 Å². The van der Waals surface area contributed by atoms with Gasteiger partial charge in [-0.3, -0.25) is 14.9 Å². The average molecular weight is 340 g/mol. The van der Waals surface area contributed by atoms with E-state index in [9.17, 15) is 18.0 Å². The third-order valence-corrected chi connectivity index (χ3v) is 3.85. The number of nitrogens with zero attached hydrogens (tertiary/aromatic N) is 3. The van der Waals surface area contributed by atoms with E-state index in [1.54, 1.807) is 7.05 Å². The van der Waals surface area contributed by atoms with Crippen molar-refractivity contribution in [2.45, 2.75) is 32.9 Å². The molecule has 24 heavy (non-hydrogen) atoms. The maximum Gasteiger partial charge on any atom is 0.433 e. The Morgan fingerprint density at radius 1 is 1.29 bits per heavy atom. The Bertz CT molecular complexity index is 688. The number of halogens is 3. The number of hydrogen-bond donors (Lipinski definition) is 1. The lowest BCUT2D eigenvalue weighted by Gasteiger charge is -2.17. The third kappa shape index (κ3) is 4.12. The summed E-state index contributed by atoms with van der Waals surface area (Å²) in [5.74, 6) is -0.350. The number of rotatable bonds is 5. The van der Waals surface area contributed by atoms with Crippen LogP contribution in [-0.2, 0) is 12.6 Å². The Balaban J connectivity index is 1.92. The van der Waals surface area contributed by atoms with Gasteiger partial charge in [-0.05, 0) is 44.4 Å². The fourth-order valence-electron chi connectivity index (χ4n) is 2.45. The van der Waals surface area contributed by atoms with Crippen molar-refractivity contribution in [3.8, 4) is 0 Å². The third-order valence-electron chi connectivity index (χ3n) is 3.85. The summed E-state index contributed by atoms with van der Waals surface area (Å²) in [6, 6.07) is 1.97. The first-order chi connectivity index (χ1) is 11.2. The largest absolute Gasteiger partial charge is 0.433 e. The molecule has 2 heterocycles. The Kier molecular flexibility index (Phi) is 5.26. The number of H-pyrrole nitrogens is 1. The van der Waals surface area contributed by atoms with Crippen LogP contribution < -0.4 is 0 Å². The highest BCUT2D eigenvalue weighted by atomic mass is 19.4. The molecule has 0 saturated carbocycles. The molecule has 2 aromatic heterocycles. The summed E-state index contributed by atoms with van der Waals surface area (Å²) in [6.45, 7) is 4.35. The number of amides is 1. The summed E-state index contributed by atoms with van der Waals surface area (Å²) in [5.41, 5.74) is 2.21.